The smallest absolute Gasteiger partial charge is 0.250 e. The van der Waals surface area contributed by atoms with Gasteiger partial charge in [0.2, 0.25) is 17.8 Å². The number of tetrazole rings is 1. The van der Waals surface area contributed by atoms with Crippen LogP contribution >= 0.6 is 11.8 Å². The van der Waals surface area contributed by atoms with E-state index in [0.29, 0.717) is 37.9 Å². The second-order valence-electron chi connectivity index (χ2n) is 7.33. The van der Waals surface area contributed by atoms with Gasteiger partial charge in [-0.2, -0.15) is 4.68 Å². The minimum Gasteiger partial charge on any atom is -0.338 e. The molecule has 0 N–H and O–H groups in total. The van der Waals surface area contributed by atoms with Gasteiger partial charge in [-0.05, 0) is 34.7 Å². The number of hydrogen-bond acceptors (Lipinski definition) is 7. The van der Waals surface area contributed by atoms with E-state index in [2.05, 4.69) is 20.4 Å². The average molecular weight is 436 g/mol. The number of carbonyl (C=O) groups excluding carboxylic acids is 2. The molecule has 2 amide bonds. The van der Waals surface area contributed by atoms with E-state index in [4.69, 9.17) is 0 Å². The maximum atomic E-state index is 13.0. The summed E-state index contributed by atoms with van der Waals surface area (Å²) in [6.45, 7) is 2.43. The Kier molecular flexibility index (Phi) is 5.29. The Labute approximate surface area is 183 Å². The van der Waals surface area contributed by atoms with Gasteiger partial charge in [0.15, 0.2) is 0 Å². The molecule has 0 spiro atoms. The highest BCUT2D eigenvalue weighted by Gasteiger charge is 2.30. The van der Waals surface area contributed by atoms with Crippen LogP contribution in [-0.2, 0) is 9.59 Å². The Morgan fingerprint density at radius 2 is 1.71 bits per heavy atom. The topological polar surface area (TPSA) is 87.5 Å². The Hall–Kier alpha value is -3.40. The highest BCUT2D eigenvalue weighted by atomic mass is 32.2. The molecular weight excluding hydrogens is 414 g/mol. The summed E-state index contributed by atoms with van der Waals surface area (Å²) in [7, 11) is 0. The summed E-state index contributed by atoms with van der Waals surface area (Å²) in [6, 6.07) is 17.5. The first-order chi connectivity index (χ1) is 15.2. The van der Waals surface area contributed by atoms with Crippen molar-refractivity contribution in [2.75, 3.05) is 48.3 Å². The van der Waals surface area contributed by atoms with Crippen molar-refractivity contribution in [3.8, 4) is 5.69 Å². The lowest BCUT2D eigenvalue weighted by Crippen LogP contribution is -2.53. The van der Waals surface area contributed by atoms with Crippen LogP contribution in [0.25, 0.3) is 5.69 Å². The van der Waals surface area contributed by atoms with Crippen molar-refractivity contribution in [1.29, 1.82) is 0 Å². The molecule has 2 aliphatic rings. The quantitative estimate of drug-likeness (QED) is 0.613. The van der Waals surface area contributed by atoms with Crippen LogP contribution in [0.15, 0.2) is 59.5 Å². The Morgan fingerprint density at radius 1 is 0.968 bits per heavy atom. The minimum absolute atomic E-state index is 0.0299. The molecule has 3 aromatic rings. The van der Waals surface area contributed by atoms with Crippen LogP contribution in [0, 0.1) is 0 Å². The van der Waals surface area contributed by atoms with Crippen LogP contribution in [-0.4, -0.2) is 75.4 Å². The summed E-state index contributed by atoms with van der Waals surface area (Å²) < 4.78 is 1.71. The third kappa shape index (κ3) is 3.86. The fourth-order valence-electron chi connectivity index (χ4n) is 3.83. The predicted octanol–water partition coefficient (Wildman–Crippen LogP) is 1.45. The molecule has 0 saturated carbocycles. The predicted molar refractivity (Wildman–Crippen MR) is 117 cm³/mol. The van der Waals surface area contributed by atoms with Gasteiger partial charge < -0.3 is 14.7 Å². The first kappa shape index (κ1) is 19.6. The summed E-state index contributed by atoms with van der Waals surface area (Å²) >= 11 is 1.52. The minimum atomic E-state index is -0.0441. The number of benzene rings is 2. The molecule has 1 fully saturated rings. The van der Waals surface area contributed by atoms with Crippen molar-refractivity contribution in [3.05, 3.63) is 54.6 Å². The highest BCUT2D eigenvalue weighted by Crippen LogP contribution is 2.34. The molecular formula is C21H21N7O2S. The zero-order valence-corrected chi connectivity index (χ0v) is 17.6. The van der Waals surface area contributed by atoms with Gasteiger partial charge in [-0.15, -0.1) is 11.8 Å². The fraction of sp³-hybridized carbons (Fsp3) is 0.286. The van der Waals surface area contributed by atoms with Gasteiger partial charge in [0.1, 0.15) is 6.54 Å². The molecule has 0 unspecified atom stereocenters. The van der Waals surface area contributed by atoms with E-state index < -0.39 is 0 Å². The van der Waals surface area contributed by atoms with Gasteiger partial charge in [-0.3, -0.25) is 9.59 Å². The second-order valence-corrected chi connectivity index (χ2v) is 8.35. The highest BCUT2D eigenvalue weighted by molar-refractivity contribution is 8.00. The molecule has 0 atom stereocenters. The van der Waals surface area contributed by atoms with Crippen LogP contribution in [0.2, 0.25) is 0 Å². The number of para-hydroxylation sites is 2. The van der Waals surface area contributed by atoms with E-state index in [-0.39, 0.29) is 18.4 Å². The SMILES string of the molecule is O=C(CN1C(=O)CSc2ccccc21)N1CCN(c2nnnn2-c2ccccc2)CC1. The van der Waals surface area contributed by atoms with E-state index in [0.717, 1.165) is 16.3 Å². The monoisotopic (exact) mass is 435 g/mol. The lowest BCUT2D eigenvalue weighted by atomic mass is 10.2. The number of aromatic nitrogens is 4. The van der Waals surface area contributed by atoms with Gasteiger partial charge in [-0.25, -0.2) is 0 Å². The lowest BCUT2D eigenvalue weighted by Gasteiger charge is -2.36. The van der Waals surface area contributed by atoms with Gasteiger partial charge in [-0.1, -0.05) is 35.4 Å². The van der Waals surface area contributed by atoms with E-state index >= 15 is 0 Å². The van der Waals surface area contributed by atoms with Crippen molar-refractivity contribution in [3.63, 3.8) is 0 Å². The number of carbonyl (C=O) groups is 2. The van der Waals surface area contributed by atoms with Crippen LogP contribution in [0.5, 0.6) is 0 Å². The molecule has 2 aromatic carbocycles. The average Bonchev–Trinajstić information content (AvgIpc) is 3.31. The Morgan fingerprint density at radius 3 is 2.52 bits per heavy atom. The fourth-order valence-corrected chi connectivity index (χ4v) is 4.77. The molecule has 1 saturated heterocycles. The summed E-state index contributed by atoms with van der Waals surface area (Å²) in [4.78, 5) is 32.0. The van der Waals surface area contributed by atoms with Crippen LogP contribution < -0.4 is 9.80 Å². The number of nitrogens with zero attached hydrogens (tertiary/aromatic N) is 7. The molecule has 2 aliphatic heterocycles. The first-order valence-electron chi connectivity index (χ1n) is 10.1. The molecule has 0 aliphatic carbocycles. The van der Waals surface area contributed by atoms with Crippen LogP contribution in [0.4, 0.5) is 11.6 Å². The molecule has 158 valence electrons. The first-order valence-corrected chi connectivity index (χ1v) is 11.1. The molecule has 31 heavy (non-hydrogen) atoms. The van der Waals surface area contributed by atoms with E-state index in [1.165, 1.54) is 11.8 Å². The number of rotatable bonds is 4. The standard InChI is InChI=1S/C21H21N7O2S/c29-19(14-27-17-8-4-5-9-18(17)31-15-20(27)30)25-10-12-26(13-11-25)21-22-23-24-28(21)16-6-2-1-3-7-16/h1-9H,10-15H2. The number of hydrogen-bond donors (Lipinski definition) is 0. The lowest BCUT2D eigenvalue weighted by molar-refractivity contribution is -0.131. The number of piperazine rings is 1. The maximum absolute atomic E-state index is 13.0. The molecule has 0 bridgehead atoms. The zero-order valence-electron chi connectivity index (χ0n) is 16.8. The zero-order chi connectivity index (χ0) is 21.2. The summed E-state index contributed by atoms with van der Waals surface area (Å²) in [5.74, 6) is 0.950. The van der Waals surface area contributed by atoms with Gasteiger partial charge in [0, 0.05) is 31.1 Å². The van der Waals surface area contributed by atoms with Crippen molar-refractivity contribution in [1.82, 2.24) is 25.1 Å². The summed E-state index contributed by atoms with van der Waals surface area (Å²) in [5.41, 5.74) is 1.71. The van der Waals surface area contributed by atoms with Gasteiger partial charge >= 0.3 is 0 Å². The summed E-state index contributed by atoms with van der Waals surface area (Å²) in [5, 5.41) is 12.1. The number of anilines is 2. The maximum Gasteiger partial charge on any atom is 0.250 e. The molecule has 9 nitrogen and oxygen atoms in total. The van der Waals surface area contributed by atoms with Crippen molar-refractivity contribution < 1.29 is 9.59 Å². The van der Waals surface area contributed by atoms with E-state index in [1.807, 2.05) is 59.5 Å². The molecule has 0 radical (unpaired) electrons. The van der Waals surface area contributed by atoms with Crippen LogP contribution in [0.1, 0.15) is 0 Å². The Balaban J connectivity index is 1.24. The number of fused-ring (bicyclic) bond motifs is 1. The van der Waals surface area contributed by atoms with E-state index in [9.17, 15) is 9.59 Å². The molecule has 10 heteroatoms. The van der Waals surface area contributed by atoms with Gasteiger partial charge in [0.25, 0.3) is 0 Å². The third-order valence-corrected chi connectivity index (χ3v) is 6.52. The van der Waals surface area contributed by atoms with Crippen molar-refractivity contribution in [2.24, 2.45) is 0 Å². The van der Waals surface area contributed by atoms with Crippen molar-refractivity contribution >= 4 is 35.2 Å². The van der Waals surface area contributed by atoms with Crippen molar-refractivity contribution in [2.45, 2.75) is 4.90 Å². The normalized spacial score (nSPS) is 16.4. The number of amides is 2. The summed E-state index contributed by atoms with van der Waals surface area (Å²) in [6.07, 6.45) is 0. The molecule has 3 heterocycles. The third-order valence-electron chi connectivity index (χ3n) is 5.47. The second kappa shape index (κ2) is 8.38. The van der Waals surface area contributed by atoms with Gasteiger partial charge in [0.05, 0.1) is 17.1 Å². The van der Waals surface area contributed by atoms with Crippen LogP contribution in [0.3, 0.4) is 0 Å². The Bertz CT molecular complexity index is 1100. The largest absolute Gasteiger partial charge is 0.338 e. The van der Waals surface area contributed by atoms with E-state index in [1.54, 1.807) is 9.58 Å². The molecule has 5 rings (SSSR count). The molecule has 1 aromatic heterocycles. The number of thioether (sulfide) groups is 1.